The summed E-state index contributed by atoms with van der Waals surface area (Å²) in [6, 6.07) is 5.72. The van der Waals surface area contributed by atoms with Crippen LogP contribution in [0.2, 0.25) is 0 Å². The third-order valence-electron chi connectivity index (χ3n) is 3.22. The molecule has 1 atom stereocenters. The lowest BCUT2D eigenvalue weighted by atomic mass is 9.93. The number of nitrogens with zero attached hydrogens (tertiary/aromatic N) is 1. The number of carboxylic acid groups (broad SMARTS) is 1. The average molecular weight is 324 g/mol. The Balaban J connectivity index is 3.23. The second kappa shape index (κ2) is 6.78. The third kappa shape index (κ3) is 5.07. The average Bonchev–Trinajstić information content (AvgIpc) is 2.35. The van der Waals surface area contributed by atoms with Gasteiger partial charge < -0.3 is 19.4 Å². The molecule has 0 aromatic heterocycles. The van der Waals surface area contributed by atoms with Crippen molar-refractivity contribution in [3.8, 4) is 5.75 Å². The molecule has 7 nitrogen and oxygen atoms in total. The molecule has 23 heavy (non-hydrogen) atoms. The van der Waals surface area contributed by atoms with Crippen LogP contribution in [0.3, 0.4) is 0 Å². The van der Waals surface area contributed by atoms with Gasteiger partial charge in [0.05, 0.1) is 27.6 Å². The fourth-order valence-corrected chi connectivity index (χ4v) is 2.32. The minimum Gasteiger partial charge on any atom is -0.507 e. The highest BCUT2D eigenvalue weighted by molar-refractivity contribution is 5.97. The molecular weight excluding hydrogens is 302 g/mol. The van der Waals surface area contributed by atoms with E-state index >= 15 is 0 Å². The van der Waals surface area contributed by atoms with Gasteiger partial charge in [0.1, 0.15) is 17.9 Å². The van der Waals surface area contributed by atoms with Gasteiger partial charge in [0.25, 0.3) is 0 Å². The minimum absolute atomic E-state index is 0.00598. The van der Waals surface area contributed by atoms with E-state index < -0.39 is 29.7 Å². The fourth-order valence-electron chi connectivity index (χ4n) is 2.32. The van der Waals surface area contributed by atoms with E-state index in [-0.39, 0.29) is 22.3 Å². The number of likely N-dealkylation sites (N-methyl/N-ethyl adjacent to an activating group) is 1. The van der Waals surface area contributed by atoms with E-state index in [1.165, 1.54) is 31.2 Å². The number of esters is 1. The maximum atomic E-state index is 12.3. The third-order valence-corrected chi connectivity index (χ3v) is 3.22. The molecule has 0 unspecified atom stereocenters. The van der Waals surface area contributed by atoms with Crippen molar-refractivity contribution >= 4 is 17.7 Å². The van der Waals surface area contributed by atoms with E-state index in [9.17, 15) is 19.5 Å². The molecule has 1 aromatic carbocycles. The predicted octanol–water partition coefficient (Wildman–Crippen LogP) is 1.06. The first-order valence-electron chi connectivity index (χ1n) is 7.01. The van der Waals surface area contributed by atoms with Crippen LogP contribution in [0.15, 0.2) is 24.3 Å². The maximum absolute atomic E-state index is 12.3. The second-order valence-electron chi connectivity index (χ2n) is 6.48. The lowest BCUT2D eigenvalue weighted by molar-refractivity contribution is -0.875. The van der Waals surface area contributed by atoms with Crippen molar-refractivity contribution in [3.05, 3.63) is 29.8 Å². The van der Waals surface area contributed by atoms with Crippen LogP contribution >= 0.6 is 0 Å². The summed E-state index contributed by atoms with van der Waals surface area (Å²) < 4.78 is 5.53. The Bertz CT molecular complexity index is 619. The summed E-state index contributed by atoms with van der Waals surface area (Å²) in [4.78, 5) is 35.6. The van der Waals surface area contributed by atoms with Crippen molar-refractivity contribution in [2.45, 2.75) is 18.9 Å². The van der Waals surface area contributed by atoms with Gasteiger partial charge in [0.2, 0.25) is 5.60 Å². The molecule has 0 heterocycles. The predicted molar refractivity (Wildman–Crippen MR) is 82.1 cm³/mol. The van der Waals surface area contributed by atoms with Gasteiger partial charge >= 0.3 is 11.9 Å². The number of ketones is 1. The topological polar surface area (TPSA) is 101 Å². The highest BCUT2D eigenvalue weighted by Gasteiger charge is 2.47. The van der Waals surface area contributed by atoms with Crippen LogP contribution < -0.4 is 0 Å². The molecule has 0 aliphatic heterocycles. The van der Waals surface area contributed by atoms with E-state index in [2.05, 4.69) is 0 Å². The van der Waals surface area contributed by atoms with Crippen molar-refractivity contribution in [2.75, 3.05) is 27.7 Å². The first-order valence-corrected chi connectivity index (χ1v) is 7.01. The normalized spacial score (nSPS) is 13.9. The Kier molecular flexibility index (Phi) is 5.50. The summed E-state index contributed by atoms with van der Waals surface area (Å²) in [6.07, 6.45) is -0.642. The van der Waals surface area contributed by atoms with Crippen molar-refractivity contribution < 1.29 is 33.8 Å². The maximum Gasteiger partial charge on any atom is 0.343 e. The Labute approximate surface area is 134 Å². The van der Waals surface area contributed by atoms with Crippen molar-refractivity contribution in [1.29, 1.82) is 0 Å². The van der Waals surface area contributed by atoms with Gasteiger partial charge in [0.15, 0.2) is 5.78 Å². The molecule has 1 rings (SSSR count). The number of quaternary nitrogens is 1. The lowest BCUT2D eigenvalue weighted by Crippen LogP contribution is -2.56. The number of ether oxygens (including phenoxy) is 1. The van der Waals surface area contributed by atoms with Crippen LogP contribution in [0.4, 0.5) is 0 Å². The van der Waals surface area contributed by atoms with Crippen molar-refractivity contribution in [1.82, 2.24) is 0 Å². The number of phenolic OH excluding ortho intramolecular Hbond substituents is 1. The molecule has 7 heteroatoms. The smallest absolute Gasteiger partial charge is 0.343 e. The monoisotopic (exact) mass is 324 g/mol. The van der Waals surface area contributed by atoms with Gasteiger partial charge in [-0.3, -0.25) is 9.59 Å². The Morgan fingerprint density at radius 2 is 1.74 bits per heavy atom. The molecule has 0 radical (unpaired) electrons. The van der Waals surface area contributed by atoms with Crippen molar-refractivity contribution in [3.63, 3.8) is 0 Å². The number of carbonyl (C=O) groups excluding carboxylic acids is 2. The van der Waals surface area contributed by atoms with Crippen LogP contribution in [0.1, 0.15) is 23.7 Å². The van der Waals surface area contributed by atoms with E-state index in [4.69, 9.17) is 9.84 Å². The molecule has 0 aliphatic carbocycles. The van der Waals surface area contributed by atoms with E-state index in [1.807, 2.05) is 0 Å². The molecule has 0 aliphatic rings. The van der Waals surface area contributed by atoms with Gasteiger partial charge in [-0.2, -0.15) is 0 Å². The van der Waals surface area contributed by atoms with Crippen LogP contribution in [0.25, 0.3) is 0 Å². The Morgan fingerprint density at radius 1 is 1.17 bits per heavy atom. The molecule has 0 bridgehead atoms. The SMILES string of the molecule is CC(=O)[C@@](CC(=O)O)(C[N+](C)(C)C)OC(=O)c1ccccc1O. The largest absolute Gasteiger partial charge is 0.507 e. The first kappa shape index (κ1) is 18.6. The number of hydrogen-bond donors (Lipinski definition) is 2. The number of hydrogen-bond acceptors (Lipinski definition) is 5. The number of rotatable bonds is 7. The standard InChI is InChI=1S/C16H21NO6/c1-11(18)16(9-14(20)21,10-17(2,3)4)23-15(22)12-7-5-6-8-13(12)19/h5-8H,9-10H2,1-4H3,(H-,19,20,21,22)/p+1/t16-/m1/s1. The number of para-hydroxylation sites is 1. The number of carbonyl (C=O) groups is 3. The molecule has 0 saturated carbocycles. The zero-order valence-electron chi connectivity index (χ0n) is 13.7. The van der Waals surface area contributed by atoms with Gasteiger partial charge in [-0.25, -0.2) is 4.79 Å². The van der Waals surface area contributed by atoms with Crippen LogP contribution in [-0.2, 0) is 14.3 Å². The molecule has 0 saturated heterocycles. The van der Waals surface area contributed by atoms with Gasteiger partial charge in [0, 0.05) is 0 Å². The summed E-state index contributed by atoms with van der Waals surface area (Å²) in [5.74, 6) is -3.04. The molecule has 0 fully saturated rings. The molecule has 0 spiro atoms. The second-order valence-corrected chi connectivity index (χ2v) is 6.48. The van der Waals surface area contributed by atoms with Gasteiger partial charge in [-0.15, -0.1) is 0 Å². The number of aliphatic carboxylic acids is 1. The molecule has 126 valence electrons. The zero-order chi connectivity index (χ0) is 17.8. The molecular formula is C16H22NO6+. The van der Waals surface area contributed by atoms with E-state index in [0.717, 1.165) is 0 Å². The Morgan fingerprint density at radius 3 is 2.17 bits per heavy atom. The highest BCUT2D eigenvalue weighted by atomic mass is 16.6. The van der Waals surface area contributed by atoms with Crippen LogP contribution in [0.5, 0.6) is 5.75 Å². The lowest BCUT2D eigenvalue weighted by Gasteiger charge is -2.36. The van der Waals surface area contributed by atoms with E-state index in [1.54, 1.807) is 21.1 Å². The number of aromatic hydroxyl groups is 1. The van der Waals surface area contributed by atoms with Crippen LogP contribution in [-0.4, -0.2) is 65.7 Å². The number of carboxylic acids is 1. The number of phenols is 1. The van der Waals surface area contributed by atoms with Crippen LogP contribution in [0, 0.1) is 0 Å². The number of Topliss-reactive ketones (excluding diaryl/α,β-unsaturated/α-hetero) is 1. The minimum atomic E-state index is -1.80. The summed E-state index contributed by atoms with van der Waals surface area (Å²) in [6.45, 7) is 1.19. The molecule has 2 N–H and O–H groups in total. The summed E-state index contributed by atoms with van der Waals surface area (Å²) in [7, 11) is 5.27. The number of benzene rings is 1. The fraction of sp³-hybridized carbons (Fsp3) is 0.438. The summed E-state index contributed by atoms with van der Waals surface area (Å²) >= 11 is 0. The van der Waals surface area contributed by atoms with Crippen molar-refractivity contribution in [2.24, 2.45) is 0 Å². The van der Waals surface area contributed by atoms with Gasteiger partial charge in [-0.05, 0) is 19.1 Å². The van der Waals surface area contributed by atoms with E-state index in [0.29, 0.717) is 0 Å². The quantitative estimate of drug-likeness (QED) is 0.574. The highest BCUT2D eigenvalue weighted by Crippen LogP contribution is 2.25. The zero-order valence-corrected chi connectivity index (χ0v) is 13.7. The molecule has 1 aromatic rings. The summed E-state index contributed by atoms with van der Waals surface area (Å²) in [5, 5.41) is 18.9. The van der Waals surface area contributed by atoms with Gasteiger partial charge in [-0.1, -0.05) is 12.1 Å². The molecule has 0 amide bonds. The first-order chi connectivity index (χ1) is 10.5. The summed E-state index contributed by atoms with van der Waals surface area (Å²) in [5.41, 5.74) is -1.92. The Hall–Kier alpha value is -2.41.